The molecule has 156 valence electrons. The minimum atomic E-state index is -3.14. The standard InChI is InChI=1S/C20H31N3O4S/c1-15(3-4-16-7-10-22(11-8-16)20(24)25)21-19-6-5-18-14-23(28(2,26)27)12-9-17(18)13-19/h5-6,13,15-16,21H,3-4,7-12,14H2,1-2H3,(H,24,25). The number of likely N-dealkylation sites (tertiary alicyclic amines) is 1. The number of hydrogen-bond acceptors (Lipinski definition) is 4. The van der Waals surface area contributed by atoms with Crippen molar-refractivity contribution in [2.75, 3.05) is 31.2 Å². The molecular weight excluding hydrogens is 378 g/mol. The van der Waals surface area contributed by atoms with E-state index in [9.17, 15) is 13.2 Å². The molecule has 1 unspecified atom stereocenters. The van der Waals surface area contributed by atoms with Gasteiger partial charge in [0.1, 0.15) is 0 Å². The van der Waals surface area contributed by atoms with E-state index in [4.69, 9.17) is 5.11 Å². The molecule has 7 nitrogen and oxygen atoms in total. The number of amides is 1. The third kappa shape index (κ3) is 5.38. The van der Waals surface area contributed by atoms with Gasteiger partial charge in [0, 0.05) is 37.9 Å². The molecule has 1 saturated heterocycles. The van der Waals surface area contributed by atoms with Crippen LogP contribution in [-0.2, 0) is 23.0 Å². The average Bonchev–Trinajstić information content (AvgIpc) is 2.65. The van der Waals surface area contributed by atoms with Crippen LogP contribution in [0.4, 0.5) is 10.5 Å². The fourth-order valence-corrected chi connectivity index (χ4v) is 4.95. The summed E-state index contributed by atoms with van der Waals surface area (Å²) in [5, 5.41) is 12.6. The fourth-order valence-electron chi connectivity index (χ4n) is 4.16. The molecule has 8 heteroatoms. The van der Waals surface area contributed by atoms with Gasteiger partial charge in [0.15, 0.2) is 0 Å². The molecule has 2 aliphatic heterocycles. The summed E-state index contributed by atoms with van der Waals surface area (Å²) >= 11 is 0. The smallest absolute Gasteiger partial charge is 0.407 e. The number of hydrogen-bond donors (Lipinski definition) is 2. The van der Waals surface area contributed by atoms with Crippen LogP contribution >= 0.6 is 0 Å². The van der Waals surface area contributed by atoms with Crippen LogP contribution in [0.5, 0.6) is 0 Å². The first-order chi connectivity index (χ1) is 13.2. The number of carboxylic acid groups (broad SMARTS) is 1. The zero-order valence-corrected chi connectivity index (χ0v) is 17.5. The Morgan fingerprint density at radius 3 is 2.61 bits per heavy atom. The Labute approximate surface area is 167 Å². The SMILES string of the molecule is CC(CCC1CCN(C(=O)O)CC1)Nc1ccc2c(c1)CCN(S(C)(=O)=O)C2. The number of sulfonamides is 1. The van der Waals surface area contributed by atoms with E-state index < -0.39 is 16.1 Å². The number of carbonyl (C=O) groups is 1. The summed E-state index contributed by atoms with van der Waals surface area (Å²) in [5.41, 5.74) is 3.39. The van der Waals surface area contributed by atoms with Gasteiger partial charge in [0.2, 0.25) is 10.0 Å². The van der Waals surface area contributed by atoms with Crippen LogP contribution in [0.25, 0.3) is 0 Å². The number of nitrogens with zero attached hydrogens (tertiary/aromatic N) is 2. The van der Waals surface area contributed by atoms with Gasteiger partial charge in [-0.2, -0.15) is 4.31 Å². The van der Waals surface area contributed by atoms with Crippen LogP contribution in [-0.4, -0.2) is 60.8 Å². The highest BCUT2D eigenvalue weighted by Gasteiger charge is 2.24. The molecule has 1 aromatic rings. The van der Waals surface area contributed by atoms with Gasteiger partial charge in [-0.05, 0) is 68.2 Å². The third-order valence-corrected chi connectivity index (χ3v) is 7.21. The fraction of sp³-hybridized carbons (Fsp3) is 0.650. The van der Waals surface area contributed by atoms with Crippen LogP contribution in [0.1, 0.15) is 43.7 Å². The summed E-state index contributed by atoms with van der Waals surface area (Å²) in [7, 11) is -3.14. The highest BCUT2D eigenvalue weighted by atomic mass is 32.2. The monoisotopic (exact) mass is 409 g/mol. The largest absolute Gasteiger partial charge is 0.465 e. The van der Waals surface area contributed by atoms with Crippen molar-refractivity contribution >= 4 is 21.8 Å². The van der Waals surface area contributed by atoms with E-state index in [0.717, 1.165) is 43.4 Å². The normalized spacial score (nSPS) is 19.9. The van der Waals surface area contributed by atoms with Crippen molar-refractivity contribution in [1.29, 1.82) is 0 Å². The molecule has 0 bridgehead atoms. The molecule has 0 aromatic heterocycles. The van der Waals surface area contributed by atoms with Crippen LogP contribution in [0, 0.1) is 5.92 Å². The molecule has 2 N–H and O–H groups in total. The Balaban J connectivity index is 1.48. The molecule has 3 rings (SSSR count). The third-order valence-electron chi connectivity index (χ3n) is 5.96. The Morgan fingerprint density at radius 1 is 1.25 bits per heavy atom. The van der Waals surface area contributed by atoms with Crippen LogP contribution in [0.3, 0.4) is 0 Å². The van der Waals surface area contributed by atoms with Crippen molar-refractivity contribution < 1.29 is 18.3 Å². The van der Waals surface area contributed by atoms with Crippen LogP contribution < -0.4 is 5.32 Å². The highest BCUT2D eigenvalue weighted by Crippen LogP contribution is 2.26. The van der Waals surface area contributed by atoms with Gasteiger partial charge in [-0.1, -0.05) is 6.07 Å². The molecular formula is C20H31N3O4S. The molecule has 0 spiro atoms. The number of benzene rings is 1. The van der Waals surface area contributed by atoms with Gasteiger partial charge in [0.05, 0.1) is 6.26 Å². The number of anilines is 1. The Morgan fingerprint density at radius 2 is 1.96 bits per heavy atom. The maximum Gasteiger partial charge on any atom is 0.407 e. The zero-order chi connectivity index (χ0) is 20.3. The van der Waals surface area contributed by atoms with Crippen LogP contribution in [0.15, 0.2) is 18.2 Å². The van der Waals surface area contributed by atoms with Crippen molar-refractivity contribution in [3.05, 3.63) is 29.3 Å². The number of piperidine rings is 1. The number of nitrogens with one attached hydrogen (secondary N) is 1. The molecule has 28 heavy (non-hydrogen) atoms. The Hall–Kier alpha value is -1.80. The summed E-state index contributed by atoms with van der Waals surface area (Å²) in [5.74, 6) is 0.602. The highest BCUT2D eigenvalue weighted by molar-refractivity contribution is 7.88. The summed E-state index contributed by atoms with van der Waals surface area (Å²) in [6.45, 7) is 4.48. The summed E-state index contributed by atoms with van der Waals surface area (Å²) in [6, 6.07) is 6.55. The van der Waals surface area contributed by atoms with E-state index in [1.54, 1.807) is 0 Å². The van der Waals surface area contributed by atoms with E-state index in [2.05, 4.69) is 18.3 Å². The van der Waals surface area contributed by atoms with Gasteiger partial charge in [0.25, 0.3) is 0 Å². The molecule has 0 aliphatic carbocycles. The summed E-state index contributed by atoms with van der Waals surface area (Å²) < 4.78 is 25.0. The predicted octanol–water partition coefficient (Wildman–Crippen LogP) is 2.97. The van der Waals surface area contributed by atoms with E-state index >= 15 is 0 Å². The first kappa shape index (κ1) is 20.9. The summed E-state index contributed by atoms with van der Waals surface area (Å²) in [6.07, 6.45) is 5.27. The lowest BCUT2D eigenvalue weighted by Gasteiger charge is -2.30. The van der Waals surface area contributed by atoms with E-state index in [1.165, 1.54) is 21.0 Å². The van der Waals surface area contributed by atoms with Gasteiger partial charge >= 0.3 is 6.09 Å². The number of fused-ring (bicyclic) bond motifs is 1. The minimum Gasteiger partial charge on any atom is -0.465 e. The second-order valence-corrected chi connectivity index (χ2v) is 10.1. The van der Waals surface area contributed by atoms with Gasteiger partial charge in [-0.15, -0.1) is 0 Å². The molecule has 1 aromatic carbocycles. The lowest BCUT2D eigenvalue weighted by atomic mass is 9.91. The molecule has 1 amide bonds. The van der Waals surface area contributed by atoms with Crippen molar-refractivity contribution in [1.82, 2.24) is 9.21 Å². The van der Waals surface area contributed by atoms with Gasteiger partial charge < -0.3 is 15.3 Å². The first-order valence-electron chi connectivity index (χ1n) is 10.0. The molecule has 0 saturated carbocycles. The Kier molecular flexibility index (Phi) is 6.50. The lowest BCUT2D eigenvalue weighted by molar-refractivity contribution is 0.122. The molecule has 0 radical (unpaired) electrons. The average molecular weight is 410 g/mol. The minimum absolute atomic E-state index is 0.340. The molecule has 2 aliphatic rings. The van der Waals surface area contributed by atoms with Gasteiger partial charge in [-0.25, -0.2) is 13.2 Å². The van der Waals surface area contributed by atoms with E-state index in [1.807, 2.05) is 12.1 Å². The zero-order valence-electron chi connectivity index (χ0n) is 16.7. The second-order valence-electron chi connectivity index (χ2n) is 8.17. The van der Waals surface area contributed by atoms with Crippen molar-refractivity contribution in [2.24, 2.45) is 5.92 Å². The quantitative estimate of drug-likeness (QED) is 0.754. The maximum atomic E-state index is 11.7. The number of rotatable bonds is 6. The molecule has 1 fully saturated rings. The lowest BCUT2D eigenvalue weighted by Crippen LogP contribution is -2.37. The Bertz CT molecular complexity index is 804. The second kappa shape index (κ2) is 8.69. The van der Waals surface area contributed by atoms with Crippen molar-refractivity contribution in [3.63, 3.8) is 0 Å². The van der Waals surface area contributed by atoms with E-state index in [0.29, 0.717) is 38.1 Å². The van der Waals surface area contributed by atoms with E-state index in [-0.39, 0.29) is 0 Å². The van der Waals surface area contributed by atoms with Crippen LogP contribution in [0.2, 0.25) is 0 Å². The molecule has 1 atom stereocenters. The van der Waals surface area contributed by atoms with Gasteiger partial charge in [-0.3, -0.25) is 0 Å². The first-order valence-corrected chi connectivity index (χ1v) is 11.9. The summed E-state index contributed by atoms with van der Waals surface area (Å²) in [4.78, 5) is 12.5. The van der Waals surface area contributed by atoms with Crippen molar-refractivity contribution in [3.8, 4) is 0 Å². The topological polar surface area (TPSA) is 90.0 Å². The maximum absolute atomic E-state index is 11.7. The van der Waals surface area contributed by atoms with Crippen molar-refractivity contribution in [2.45, 2.75) is 51.6 Å². The molecule has 2 heterocycles. The predicted molar refractivity (Wildman–Crippen MR) is 110 cm³/mol.